The Labute approximate surface area is 201 Å². The third kappa shape index (κ3) is 6.46. The standard InChI is InChI=1S/C25H24ClFN2O5/c1-15(34-14-16-5-4-6-19(11-16)32-2)24(30)28-18-8-10-23(33-3)22(13-18)29-25(31)20-9-7-17(26)12-21(20)27/h4-13,15H,14H2,1-3H3,(H,28,30)(H,29,31). The van der Waals surface area contributed by atoms with Crippen LogP contribution in [0.5, 0.6) is 11.5 Å². The molecule has 1 unspecified atom stereocenters. The van der Waals surface area contributed by atoms with E-state index < -0.39 is 17.8 Å². The van der Waals surface area contributed by atoms with Crippen LogP contribution in [0.2, 0.25) is 5.02 Å². The second-order valence-electron chi connectivity index (χ2n) is 7.29. The number of amides is 2. The molecule has 1 atom stereocenters. The van der Waals surface area contributed by atoms with Crippen LogP contribution in [0.1, 0.15) is 22.8 Å². The summed E-state index contributed by atoms with van der Waals surface area (Å²) in [6.45, 7) is 1.85. The lowest BCUT2D eigenvalue weighted by Gasteiger charge is -2.16. The molecule has 2 N–H and O–H groups in total. The summed E-state index contributed by atoms with van der Waals surface area (Å²) in [6.07, 6.45) is -0.755. The molecule has 0 bridgehead atoms. The van der Waals surface area contributed by atoms with Crippen LogP contribution in [-0.4, -0.2) is 32.1 Å². The lowest BCUT2D eigenvalue weighted by Crippen LogP contribution is -2.27. The van der Waals surface area contributed by atoms with Crippen LogP contribution in [-0.2, 0) is 16.1 Å². The molecular formula is C25H24ClFN2O5. The predicted octanol–water partition coefficient (Wildman–Crippen LogP) is 5.29. The molecule has 0 radical (unpaired) electrons. The minimum absolute atomic E-state index is 0.180. The third-order valence-corrected chi connectivity index (χ3v) is 5.13. The summed E-state index contributed by atoms with van der Waals surface area (Å²) in [5.74, 6) is -0.789. The van der Waals surface area contributed by atoms with Gasteiger partial charge < -0.3 is 24.8 Å². The maximum atomic E-state index is 14.1. The maximum Gasteiger partial charge on any atom is 0.258 e. The lowest BCUT2D eigenvalue weighted by atomic mass is 10.2. The molecule has 7 nitrogen and oxygen atoms in total. The van der Waals surface area contributed by atoms with E-state index in [1.54, 1.807) is 26.2 Å². The molecule has 0 heterocycles. The van der Waals surface area contributed by atoms with E-state index in [4.69, 9.17) is 25.8 Å². The van der Waals surface area contributed by atoms with Gasteiger partial charge in [-0.1, -0.05) is 23.7 Å². The molecule has 2 amide bonds. The van der Waals surface area contributed by atoms with E-state index in [0.717, 1.165) is 11.6 Å². The van der Waals surface area contributed by atoms with E-state index in [1.165, 1.54) is 25.3 Å². The fourth-order valence-corrected chi connectivity index (χ4v) is 3.21. The number of methoxy groups -OCH3 is 2. The first kappa shape index (κ1) is 25.0. The minimum Gasteiger partial charge on any atom is -0.497 e. The molecule has 3 aromatic rings. The van der Waals surface area contributed by atoms with E-state index in [2.05, 4.69) is 10.6 Å². The number of benzene rings is 3. The fraction of sp³-hybridized carbons (Fsp3) is 0.200. The van der Waals surface area contributed by atoms with E-state index in [-0.39, 0.29) is 28.8 Å². The summed E-state index contributed by atoms with van der Waals surface area (Å²) >= 11 is 5.75. The molecule has 3 rings (SSSR count). The van der Waals surface area contributed by atoms with Gasteiger partial charge in [0.2, 0.25) is 0 Å². The summed E-state index contributed by atoms with van der Waals surface area (Å²) in [7, 11) is 3.01. The topological polar surface area (TPSA) is 85.9 Å². The molecule has 0 aliphatic carbocycles. The smallest absolute Gasteiger partial charge is 0.258 e. The maximum absolute atomic E-state index is 14.1. The number of nitrogens with one attached hydrogen (secondary N) is 2. The number of hydrogen-bond acceptors (Lipinski definition) is 5. The highest BCUT2D eigenvalue weighted by molar-refractivity contribution is 6.30. The number of hydrogen-bond donors (Lipinski definition) is 2. The Balaban J connectivity index is 1.66. The summed E-state index contributed by atoms with van der Waals surface area (Å²) < 4.78 is 30.2. The first-order valence-corrected chi connectivity index (χ1v) is 10.7. The Morgan fingerprint density at radius 3 is 2.50 bits per heavy atom. The summed E-state index contributed by atoms with van der Waals surface area (Å²) in [5, 5.41) is 5.51. The normalized spacial score (nSPS) is 11.4. The summed E-state index contributed by atoms with van der Waals surface area (Å²) in [4.78, 5) is 25.2. The van der Waals surface area contributed by atoms with Gasteiger partial charge in [0.15, 0.2) is 0 Å². The second kappa shape index (κ2) is 11.5. The Morgan fingerprint density at radius 1 is 1.00 bits per heavy atom. The molecule has 0 aliphatic heterocycles. The second-order valence-corrected chi connectivity index (χ2v) is 7.72. The number of halogens is 2. The molecule has 0 aliphatic rings. The fourth-order valence-electron chi connectivity index (χ4n) is 3.05. The van der Waals surface area contributed by atoms with E-state index in [9.17, 15) is 14.0 Å². The van der Waals surface area contributed by atoms with Crippen molar-refractivity contribution in [2.24, 2.45) is 0 Å². The Hall–Kier alpha value is -3.62. The largest absolute Gasteiger partial charge is 0.497 e. The summed E-state index contributed by atoms with van der Waals surface area (Å²) in [6, 6.07) is 15.8. The van der Waals surface area contributed by atoms with Crippen molar-refractivity contribution in [1.29, 1.82) is 0 Å². The lowest BCUT2D eigenvalue weighted by molar-refractivity contribution is -0.127. The zero-order valence-electron chi connectivity index (χ0n) is 18.9. The summed E-state index contributed by atoms with van der Waals surface area (Å²) in [5.41, 5.74) is 1.34. The average Bonchev–Trinajstić information content (AvgIpc) is 2.82. The average molecular weight is 487 g/mol. The monoisotopic (exact) mass is 486 g/mol. The van der Waals surface area contributed by atoms with Gasteiger partial charge in [-0.3, -0.25) is 9.59 Å². The molecule has 34 heavy (non-hydrogen) atoms. The van der Waals surface area contributed by atoms with Crippen LogP contribution in [0.4, 0.5) is 15.8 Å². The zero-order chi connectivity index (χ0) is 24.7. The molecule has 0 spiro atoms. The molecule has 178 valence electrons. The highest BCUT2D eigenvalue weighted by atomic mass is 35.5. The van der Waals surface area contributed by atoms with Crippen LogP contribution in [0, 0.1) is 5.82 Å². The van der Waals surface area contributed by atoms with Gasteiger partial charge in [0.05, 0.1) is 32.1 Å². The van der Waals surface area contributed by atoms with Crippen molar-refractivity contribution in [3.8, 4) is 11.5 Å². The Morgan fingerprint density at radius 2 is 1.79 bits per heavy atom. The van der Waals surface area contributed by atoms with Gasteiger partial charge in [-0.25, -0.2) is 4.39 Å². The van der Waals surface area contributed by atoms with Crippen molar-refractivity contribution in [2.75, 3.05) is 24.9 Å². The van der Waals surface area contributed by atoms with Crippen molar-refractivity contribution >= 4 is 34.8 Å². The van der Waals surface area contributed by atoms with Crippen LogP contribution >= 0.6 is 11.6 Å². The third-order valence-electron chi connectivity index (χ3n) is 4.89. The molecule has 0 saturated carbocycles. The Bertz CT molecular complexity index is 1190. The van der Waals surface area contributed by atoms with Crippen molar-refractivity contribution in [1.82, 2.24) is 0 Å². The van der Waals surface area contributed by atoms with Crippen LogP contribution < -0.4 is 20.1 Å². The molecule has 0 aromatic heterocycles. The first-order chi connectivity index (χ1) is 16.3. The molecular weight excluding hydrogens is 463 g/mol. The van der Waals surface area contributed by atoms with E-state index >= 15 is 0 Å². The Kier molecular flexibility index (Phi) is 8.45. The quantitative estimate of drug-likeness (QED) is 0.429. The highest BCUT2D eigenvalue weighted by Crippen LogP contribution is 2.29. The molecule has 3 aromatic carbocycles. The van der Waals surface area contributed by atoms with Gasteiger partial charge in [0.1, 0.15) is 23.4 Å². The molecule has 0 fully saturated rings. The van der Waals surface area contributed by atoms with Crippen LogP contribution in [0.3, 0.4) is 0 Å². The van der Waals surface area contributed by atoms with Crippen molar-refractivity contribution < 1.29 is 28.2 Å². The van der Waals surface area contributed by atoms with Gasteiger partial charge in [-0.2, -0.15) is 0 Å². The van der Waals surface area contributed by atoms with Gasteiger partial charge in [-0.15, -0.1) is 0 Å². The van der Waals surface area contributed by atoms with Crippen molar-refractivity contribution in [3.05, 3.63) is 82.6 Å². The van der Waals surface area contributed by atoms with Crippen LogP contribution in [0.25, 0.3) is 0 Å². The van der Waals surface area contributed by atoms with Gasteiger partial charge in [0.25, 0.3) is 11.8 Å². The molecule has 9 heteroatoms. The van der Waals surface area contributed by atoms with Gasteiger partial charge in [-0.05, 0) is 61.0 Å². The number of ether oxygens (including phenoxy) is 3. The molecule has 0 saturated heterocycles. The van der Waals surface area contributed by atoms with Crippen LogP contribution in [0.15, 0.2) is 60.7 Å². The number of carbonyl (C=O) groups excluding carboxylic acids is 2. The number of rotatable bonds is 9. The van der Waals surface area contributed by atoms with Gasteiger partial charge >= 0.3 is 0 Å². The minimum atomic E-state index is -0.755. The van der Waals surface area contributed by atoms with E-state index in [1.807, 2.05) is 24.3 Å². The highest BCUT2D eigenvalue weighted by Gasteiger charge is 2.17. The SMILES string of the molecule is COc1cccc(COC(C)C(=O)Nc2ccc(OC)c(NC(=O)c3ccc(Cl)cc3F)c2)c1. The van der Waals surface area contributed by atoms with E-state index in [0.29, 0.717) is 17.2 Å². The zero-order valence-corrected chi connectivity index (χ0v) is 19.6. The number of carbonyl (C=O) groups is 2. The first-order valence-electron chi connectivity index (χ1n) is 10.3. The number of anilines is 2. The van der Waals surface area contributed by atoms with Crippen molar-refractivity contribution in [2.45, 2.75) is 19.6 Å². The van der Waals surface area contributed by atoms with Crippen molar-refractivity contribution in [3.63, 3.8) is 0 Å². The predicted molar refractivity (Wildman–Crippen MR) is 128 cm³/mol. The van der Waals surface area contributed by atoms with Gasteiger partial charge in [0, 0.05) is 10.7 Å².